The Balaban J connectivity index is 1.54. The zero-order chi connectivity index (χ0) is 23.1. The maximum atomic E-state index is 12.8. The first-order valence-corrected chi connectivity index (χ1v) is 11.7. The number of benzene rings is 2. The van der Waals surface area contributed by atoms with Gasteiger partial charge in [-0.15, -0.1) is 0 Å². The third-order valence-corrected chi connectivity index (χ3v) is 7.11. The van der Waals surface area contributed by atoms with E-state index in [-0.39, 0.29) is 22.0 Å². The molecular weight excluding hydrogens is 458 g/mol. The van der Waals surface area contributed by atoms with Gasteiger partial charge in [0.05, 0.1) is 10.6 Å². The highest BCUT2D eigenvalue weighted by Gasteiger charge is 2.30. The van der Waals surface area contributed by atoms with Gasteiger partial charge >= 0.3 is 12.0 Å². The summed E-state index contributed by atoms with van der Waals surface area (Å²) in [6, 6.07) is 12.1. The molecule has 170 valence electrons. The van der Waals surface area contributed by atoms with Crippen LogP contribution in [-0.4, -0.2) is 50.3 Å². The van der Waals surface area contributed by atoms with E-state index >= 15 is 0 Å². The highest BCUT2D eigenvalue weighted by atomic mass is 35.5. The van der Waals surface area contributed by atoms with Gasteiger partial charge < -0.3 is 10.1 Å². The number of nitrogens with zero attached hydrogens (tertiary/aromatic N) is 1. The largest absolute Gasteiger partial charge is 0.452 e. The Hall–Kier alpha value is -2.95. The predicted molar refractivity (Wildman–Crippen MR) is 117 cm³/mol. The van der Waals surface area contributed by atoms with Gasteiger partial charge in [-0.05, 0) is 36.6 Å². The number of nitrogens with one attached hydrogen (secondary N) is 2. The first-order valence-electron chi connectivity index (χ1n) is 9.86. The lowest BCUT2D eigenvalue weighted by molar-refractivity contribution is -0.123. The quantitative estimate of drug-likeness (QED) is 0.587. The number of sulfonamides is 1. The van der Waals surface area contributed by atoms with Crippen molar-refractivity contribution in [2.24, 2.45) is 0 Å². The summed E-state index contributed by atoms with van der Waals surface area (Å²) < 4.78 is 31.7. The molecule has 0 saturated carbocycles. The Morgan fingerprint density at radius 2 is 1.72 bits per heavy atom. The molecule has 32 heavy (non-hydrogen) atoms. The van der Waals surface area contributed by atoms with Crippen molar-refractivity contribution in [3.05, 3.63) is 64.7 Å². The van der Waals surface area contributed by atoms with Crippen LogP contribution in [-0.2, 0) is 26.1 Å². The molecule has 0 radical (unpaired) electrons. The van der Waals surface area contributed by atoms with Crippen LogP contribution in [0.4, 0.5) is 4.79 Å². The molecule has 3 rings (SSSR count). The van der Waals surface area contributed by atoms with Gasteiger partial charge in [0.1, 0.15) is 4.90 Å². The maximum absolute atomic E-state index is 12.8. The van der Waals surface area contributed by atoms with Crippen LogP contribution in [0.3, 0.4) is 0 Å². The van der Waals surface area contributed by atoms with Crippen molar-refractivity contribution in [3.63, 3.8) is 0 Å². The van der Waals surface area contributed by atoms with Crippen molar-refractivity contribution in [2.45, 2.75) is 24.3 Å². The Kier molecular flexibility index (Phi) is 7.84. The van der Waals surface area contributed by atoms with Crippen molar-refractivity contribution in [3.8, 4) is 0 Å². The lowest BCUT2D eigenvalue weighted by Gasteiger charge is -2.17. The smallest absolute Gasteiger partial charge is 0.338 e. The lowest BCUT2D eigenvalue weighted by Crippen LogP contribution is -2.41. The summed E-state index contributed by atoms with van der Waals surface area (Å²) in [5, 5.41) is 4.55. The topological polar surface area (TPSA) is 122 Å². The number of imide groups is 1. The number of amides is 3. The van der Waals surface area contributed by atoms with Crippen molar-refractivity contribution < 1.29 is 27.5 Å². The van der Waals surface area contributed by atoms with Gasteiger partial charge in [0, 0.05) is 19.6 Å². The molecule has 1 aliphatic heterocycles. The second-order valence-electron chi connectivity index (χ2n) is 7.05. The fraction of sp³-hybridized carbons (Fsp3) is 0.286. The van der Waals surface area contributed by atoms with Crippen molar-refractivity contribution in [2.75, 3.05) is 19.7 Å². The number of ether oxygens (including phenoxy) is 1. The van der Waals surface area contributed by atoms with Gasteiger partial charge in [-0.1, -0.05) is 41.9 Å². The molecule has 0 unspecified atom stereocenters. The van der Waals surface area contributed by atoms with Gasteiger partial charge in [0.15, 0.2) is 6.61 Å². The van der Waals surface area contributed by atoms with Crippen molar-refractivity contribution in [1.29, 1.82) is 0 Å². The van der Waals surface area contributed by atoms with Crippen molar-refractivity contribution in [1.82, 2.24) is 14.9 Å². The number of urea groups is 1. The number of hydrogen-bond acceptors (Lipinski definition) is 6. The van der Waals surface area contributed by atoms with E-state index in [1.807, 2.05) is 35.6 Å². The molecular formula is C21H22ClN3O6S. The minimum absolute atomic E-state index is 0.0127. The highest BCUT2D eigenvalue weighted by Crippen LogP contribution is 2.28. The van der Waals surface area contributed by atoms with Gasteiger partial charge in [0.25, 0.3) is 5.91 Å². The molecule has 1 heterocycles. The van der Waals surface area contributed by atoms with E-state index in [1.165, 1.54) is 16.4 Å². The molecule has 0 atom stereocenters. The number of esters is 1. The number of carbonyl (C=O) groups excluding carboxylic acids is 3. The molecule has 1 saturated heterocycles. The third-order valence-electron chi connectivity index (χ3n) is 4.73. The summed E-state index contributed by atoms with van der Waals surface area (Å²) in [4.78, 5) is 35.8. The Labute approximate surface area is 190 Å². The summed E-state index contributed by atoms with van der Waals surface area (Å²) in [5.74, 6) is -1.75. The standard InChI is InChI=1S/C21H22ClN3O6S/c22-17-9-8-16(12-18(17)32(29,30)25-10-4-5-11-25)20(27)31-14-19(26)24-21(28)23-13-15-6-2-1-3-7-15/h1-3,6-9,12H,4-5,10-11,13-14H2,(H2,23,24,26,28). The van der Waals surface area contributed by atoms with Gasteiger partial charge in [-0.25, -0.2) is 18.0 Å². The van der Waals surface area contributed by atoms with Crippen LogP contribution in [0.25, 0.3) is 0 Å². The van der Waals surface area contributed by atoms with Gasteiger partial charge in [0.2, 0.25) is 10.0 Å². The van der Waals surface area contributed by atoms with Crippen LogP contribution in [0, 0.1) is 0 Å². The SMILES string of the molecule is O=C(COC(=O)c1ccc(Cl)c(S(=O)(=O)N2CCCC2)c1)NC(=O)NCc1ccccc1. The summed E-state index contributed by atoms with van der Waals surface area (Å²) in [7, 11) is -3.84. The van der Waals surface area contributed by atoms with Gasteiger partial charge in [-0.3, -0.25) is 10.1 Å². The number of hydrogen-bond donors (Lipinski definition) is 2. The van der Waals surface area contributed by atoms with E-state index in [9.17, 15) is 22.8 Å². The average Bonchev–Trinajstić information content (AvgIpc) is 3.33. The second-order valence-corrected chi connectivity index (χ2v) is 9.36. The molecule has 3 amide bonds. The monoisotopic (exact) mass is 479 g/mol. The van der Waals surface area contributed by atoms with Crippen LogP contribution >= 0.6 is 11.6 Å². The zero-order valence-corrected chi connectivity index (χ0v) is 18.6. The Bertz CT molecular complexity index is 1100. The van der Waals surface area contributed by atoms with Crippen LogP contribution in [0.1, 0.15) is 28.8 Å². The van der Waals surface area contributed by atoms with E-state index in [1.54, 1.807) is 0 Å². The Morgan fingerprint density at radius 1 is 1.03 bits per heavy atom. The van der Waals surface area contributed by atoms with E-state index in [0.29, 0.717) is 13.1 Å². The summed E-state index contributed by atoms with van der Waals surface area (Å²) in [6.07, 6.45) is 1.51. The molecule has 1 fully saturated rings. The second kappa shape index (κ2) is 10.6. The Morgan fingerprint density at radius 3 is 2.41 bits per heavy atom. The molecule has 0 spiro atoms. The summed E-state index contributed by atoms with van der Waals surface area (Å²) >= 11 is 6.06. The molecule has 9 nitrogen and oxygen atoms in total. The van der Waals surface area contributed by atoms with Crippen LogP contribution in [0.5, 0.6) is 0 Å². The summed E-state index contributed by atoms with van der Waals surface area (Å²) in [5.41, 5.74) is 0.775. The fourth-order valence-electron chi connectivity index (χ4n) is 3.10. The third kappa shape index (κ3) is 6.06. The predicted octanol–water partition coefficient (Wildman–Crippen LogP) is 2.31. The minimum atomic E-state index is -3.84. The van der Waals surface area contributed by atoms with Crippen LogP contribution in [0.15, 0.2) is 53.4 Å². The minimum Gasteiger partial charge on any atom is -0.452 e. The summed E-state index contributed by atoms with van der Waals surface area (Å²) in [6.45, 7) is 0.285. The van der Waals surface area contributed by atoms with E-state index < -0.39 is 34.5 Å². The molecule has 2 aromatic rings. The molecule has 0 aliphatic carbocycles. The van der Waals surface area contributed by atoms with Crippen molar-refractivity contribution >= 4 is 39.5 Å². The van der Waals surface area contributed by atoms with E-state index in [2.05, 4.69) is 5.32 Å². The van der Waals surface area contributed by atoms with Crippen LogP contribution < -0.4 is 10.6 Å². The number of rotatable bonds is 7. The van der Waals surface area contributed by atoms with Gasteiger partial charge in [-0.2, -0.15) is 4.31 Å². The molecule has 0 aromatic heterocycles. The normalized spacial score (nSPS) is 14.0. The fourth-order valence-corrected chi connectivity index (χ4v) is 5.11. The number of halogens is 1. The van der Waals surface area contributed by atoms with E-state index in [0.717, 1.165) is 24.5 Å². The molecule has 2 aromatic carbocycles. The molecule has 0 bridgehead atoms. The molecule has 2 N–H and O–H groups in total. The molecule has 11 heteroatoms. The maximum Gasteiger partial charge on any atom is 0.338 e. The lowest BCUT2D eigenvalue weighted by atomic mass is 10.2. The first-order chi connectivity index (χ1) is 15.3. The van der Waals surface area contributed by atoms with E-state index in [4.69, 9.17) is 16.3 Å². The highest BCUT2D eigenvalue weighted by molar-refractivity contribution is 7.89. The number of carbonyl (C=O) groups is 3. The molecule has 1 aliphatic rings. The van der Waals surface area contributed by atoms with Crippen LogP contribution in [0.2, 0.25) is 5.02 Å². The average molecular weight is 480 g/mol. The first kappa shape index (κ1) is 23.7. The zero-order valence-electron chi connectivity index (χ0n) is 17.0.